The van der Waals surface area contributed by atoms with Crippen LogP contribution >= 0.6 is 0 Å². The molecule has 0 aliphatic carbocycles. The van der Waals surface area contributed by atoms with E-state index in [1.54, 1.807) is 4.90 Å². The average Bonchev–Trinajstić information content (AvgIpc) is 2.01. The third-order valence-electron chi connectivity index (χ3n) is 1.47. The van der Waals surface area contributed by atoms with Crippen molar-refractivity contribution >= 4 is 5.91 Å². The summed E-state index contributed by atoms with van der Waals surface area (Å²) < 4.78 is 0. The van der Waals surface area contributed by atoms with E-state index in [0.29, 0.717) is 13.1 Å². The molecule has 0 radical (unpaired) electrons. The molecule has 0 spiro atoms. The largest absolute Gasteiger partial charge is 0.395 e. The van der Waals surface area contributed by atoms with Crippen molar-refractivity contribution in [2.45, 2.75) is 13.3 Å². The molecule has 0 bridgehead atoms. The number of amides is 1. The Labute approximate surface area is 73.6 Å². The van der Waals surface area contributed by atoms with Crippen LogP contribution in [0.2, 0.25) is 0 Å². The van der Waals surface area contributed by atoms with Crippen molar-refractivity contribution in [2.75, 3.05) is 33.3 Å². The Kier molecular flexibility index (Phi) is 6.70. The van der Waals surface area contributed by atoms with Crippen LogP contribution in [0.3, 0.4) is 0 Å². The maximum absolute atomic E-state index is 11.1. The fourth-order valence-corrected chi connectivity index (χ4v) is 0.815. The molecule has 72 valence electrons. The molecule has 0 unspecified atom stereocenters. The first kappa shape index (κ1) is 11.4. The molecule has 0 aliphatic rings. The van der Waals surface area contributed by atoms with Gasteiger partial charge in [0.2, 0.25) is 5.91 Å². The highest BCUT2D eigenvalue weighted by Gasteiger charge is 2.03. The van der Waals surface area contributed by atoms with Gasteiger partial charge in [0, 0.05) is 13.1 Å². The lowest BCUT2D eigenvalue weighted by Gasteiger charge is -2.13. The van der Waals surface area contributed by atoms with Crippen LogP contribution in [0.1, 0.15) is 13.3 Å². The van der Waals surface area contributed by atoms with Gasteiger partial charge in [-0.05, 0) is 13.5 Å². The summed E-state index contributed by atoms with van der Waals surface area (Å²) in [5, 5.41) is 11.3. The topological polar surface area (TPSA) is 52.6 Å². The van der Waals surface area contributed by atoms with Gasteiger partial charge in [0.05, 0.1) is 13.2 Å². The van der Waals surface area contributed by atoms with Crippen LogP contribution in [0.5, 0.6) is 0 Å². The Morgan fingerprint density at radius 1 is 1.58 bits per heavy atom. The lowest BCUT2D eigenvalue weighted by Crippen LogP contribution is -2.36. The molecule has 0 aromatic heterocycles. The van der Waals surface area contributed by atoms with E-state index in [9.17, 15) is 4.79 Å². The number of likely N-dealkylation sites (N-methyl/N-ethyl adjacent to an activating group) is 1. The first-order chi connectivity index (χ1) is 5.70. The summed E-state index contributed by atoms with van der Waals surface area (Å²) in [6.07, 6.45) is 0.954. The van der Waals surface area contributed by atoms with Gasteiger partial charge in [-0.2, -0.15) is 0 Å². The Hall–Kier alpha value is -0.610. The number of rotatable bonds is 6. The molecule has 0 aromatic carbocycles. The van der Waals surface area contributed by atoms with Gasteiger partial charge in [-0.15, -0.1) is 0 Å². The molecule has 12 heavy (non-hydrogen) atoms. The fourth-order valence-electron chi connectivity index (χ4n) is 0.815. The van der Waals surface area contributed by atoms with Crippen molar-refractivity contribution in [3.8, 4) is 0 Å². The highest BCUT2D eigenvalue weighted by Crippen LogP contribution is 1.80. The van der Waals surface area contributed by atoms with E-state index >= 15 is 0 Å². The number of aliphatic hydroxyl groups excluding tert-OH is 1. The minimum Gasteiger partial charge on any atom is -0.395 e. The van der Waals surface area contributed by atoms with Gasteiger partial charge in [-0.1, -0.05) is 6.92 Å². The maximum atomic E-state index is 11.1. The molecule has 0 fully saturated rings. The number of nitrogens with one attached hydrogen (secondary N) is 1. The van der Waals surface area contributed by atoms with E-state index in [1.165, 1.54) is 0 Å². The van der Waals surface area contributed by atoms with Crippen molar-refractivity contribution in [2.24, 2.45) is 0 Å². The van der Waals surface area contributed by atoms with Crippen LogP contribution in [-0.4, -0.2) is 49.2 Å². The fraction of sp³-hybridized carbons (Fsp3) is 0.875. The number of carbonyl (C=O) groups excluding carboxylic acids is 1. The monoisotopic (exact) mass is 174 g/mol. The van der Waals surface area contributed by atoms with Crippen molar-refractivity contribution in [3.05, 3.63) is 0 Å². The number of hydrogen-bond acceptors (Lipinski definition) is 3. The molecule has 0 saturated carbocycles. The second-order valence-corrected chi connectivity index (χ2v) is 2.81. The summed E-state index contributed by atoms with van der Waals surface area (Å²) in [4.78, 5) is 12.8. The van der Waals surface area contributed by atoms with Crippen LogP contribution in [-0.2, 0) is 4.79 Å². The van der Waals surface area contributed by atoms with Gasteiger partial charge < -0.3 is 10.4 Å². The van der Waals surface area contributed by atoms with E-state index in [2.05, 4.69) is 5.32 Å². The molecule has 0 heterocycles. The van der Waals surface area contributed by atoms with Crippen LogP contribution in [0.15, 0.2) is 0 Å². The Balaban J connectivity index is 3.40. The van der Waals surface area contributed by atoms with Gasteiger partial charge in [0.25, 0.3) is 0 Å². The molecular weight excluding hydrogens is 156 g/mol. The van der Waals surface area contributed by atoms with E-state index in [-0.39, 0.29) is 12.5 Å². The first-order valence-corrected chi connectivity index (χ1v) is 4.26. The van der Waals surface area contributed by atoms with Crippen LogP contribution in [0, 0.1) is 0 Å². The summed E-state index contributed by atoms with van der Waals surface area (Å²) in [5.74, 6) is 0.0211. The second-order valence-electron chi connectivity index (χ2n) is 2.81. The SMILES string of the molecule is CCCNC(=O)CN(C)CCO. The molecular formula is C8H18N2O2. The normalized spacial score (nSPS) is 10.3. The van der Waals surface area contributed by atoms with Gasteiger partial charge in [0.15, 0.2) is 0 Å². The zero-order valence-electron chi connectivity index (χ0n) is 7.84. The van der Waals surface area contributed by atoms with Gasteiger partial charge in [0.1, 0.15) is 0 Å². The molecule has 0 atom stereocenters. The van der Waals surface area contributed by atoms with Crippen LogP contribution in [0.4, 0.5) is 0 Å². The van der Waals surface area contributed by atoms with Crippen LogP contribution < -0.4 is 5.32 Å². The number of carbonyl (C=O) groups is 1. The maximum Gasteiger partial charge on any atom is 0.234 e. The molecule has 4 nitrogen and oxygen atoms in total. The highest BCUT2D eigenvalue weighted by molar-refractivity contribution is 5.77. The standard InChI is InChI=1S/C8H18N2O2/c1-3-4-9-8(12)7-10(2)5-6-11/h11H,3-7H2,1-2H3,(H,9,12). The summed E-state index contributed by atoms with van der Waals surface area (Å²) >= 11 is 0. The predicted octanol–water partition coefficient (Wildman–Crippen LogP) is -0.563. The third kappa shape index (κ3) is 6.12. The molecule has 0 aromatic rings. The van der Waals surface area contributed by atoms with E-state index in [1.807, 2.05) is 14.0 Å². The summed E-state index contributed by atoms with van der Waals surface area (Å²) in [5.41, 5.74) is 0. The summed E-state index contributed by atoms with van der Waals surface area (Å²) in [7, 11) is 1.81. The summed E-state index contributed by atoms with van der Waals surface area (Å²) in [6, 6.07) is 0. The molecule has 4 heteroatoms. The molecule has 0 rings (SSSR count). The Bertz CT molecular complexity index is 128. The van der Waals surface area contributed by atoms with Crippen molar-refractivity contribution in [3.63, 3.8) is 0 Å². The average molecular weight is 174 g/mol. The molecule has 0 saturated heterocycles. The number of aliphatic hydroxyl groups is 1. The van der Waals surface area contributed by atoms with Gasteiger partial charge in [-0.3, -0.25) is 9.69 Å². The second kappa shape index (κ2) is 7.06. The molecule has 0 aliphatic heterocycles. The third-order valence-corrected chi connectivity index (χ3v) is 1.47. The minimum absolute atomic E-state index is 0.0211. The van der Waals surface area contributed by atoms with Crippen LogP contribution in [0.25, 0.3) is 0 Å². The highest BCUT2D eigenvalue weighted by atomic mass is 16.3. The molecule has 1 amide bonds. The number of hydrogen-bond donors (Lipinski definition) is 2. The number of nitrogens with zero attached hydrogens (tertiary/aromatic N) is 1. The van der Waals surface area contributed by atoms with Crippen molar-refractivity contribution in [1.82, 2.24) is 10.2 Å². The van der Waals surface area contributed by atoms with Gasteiger partial charge in [-0.25, -0.2) is 0 Å². The first-order valence-electron chi connectivity index (χ1n) is 4.26. The predicted molar refractivity (Wildman–Crippen MR) is 47.9 cm³/mol. The van der Waals surface area contributed by atoms with Gasteiger partial charge >= 0.3 is 0 Å². The Morgan fingerprint density at radius 3 is 2.75 bits per heavy atom. The minimum atomic E-state index is 0.0211. The Morgan fingerprint density at radius 2 is 2.25 bits per heavy atom. The van der Waals surface area contributed by atoms with E-state index in [0.717, 1.165) is 13.0 Å². The quantitative estimate of drug-likeness (QED) is 0.567. The smallest absolute Gasteiger partial charge is 0.234 e. The zero-order chi connectivity index (χ0) is 9.40. The summed E-state index contributed by atoms with van der Waals surface area (Å²) in [6.45, 7) is 3.74. The lowest BCUT2D eigenvalue weighted by atomic mass is 10.4. The molecule has 2 N–H and O–H groups in total. The van der Waals surface area contributed by atoms with E-state index < -0.39 is 0 Å². The van der Waals surface area contributed by atoms with E-state index in [4.69, 9.17) is 5.11 Å². The lowest BCUT2D eigenvalue weighted by molar-refractivity contribution is -0.122. The van der Waals surface area contributed by atoms with Crippen molar-refractivity contribution in [1.29, 1.82) is 0 Å². The zero-order valence-corrected chi connectivity index (χ0v) is 7.84. The van der Waals surface area contributed by atoms with Crippen molar-refractivity contribution < 1.29 is 9.90 Å².